The van der Waals surface area contributed by atoms with Crippen LogP contribution in [0.3, 0.4) is 0 Å². The van der Waals surface area contributed by atoms with E-state index in [1.54, 1.807) is 29.2 Å². The van der Waals surface area contributed by atoms with Crippen LogP contribution in [0.2, 0.25) is 0 Å². The first kappa shape index (κ1) is 27.0. The number of carboxylic acid groups (broad SMARTS) is 1. The van der Waals surface area contributed by atoms with Crippen molar-refractivity contribution in [2.45, 2.75) is 45.6 Å². The van der Waals surface area contributed by atoms with Crippen molar-refractivity contribution in [3.8, 4) is 11.5 Å². The molecule has 1 fully saturated rings. The Balaban J connectivity index is 1.65. The fourth-order valence-corrected chi connectivity index (χ4v) is 5.27. The molecule has 9 heteroatoms. The Morgan fingerprint density at radius 2 is 1.68 bits per heavy atom. The standard InChI is InChI=1S/C29H35N3O6/c1-19-13-24(37-2)28(25(14-19)38-3)30-26(33)17-31(16-20-9-5-4-6-10-20)29(36)23-15-21-11-7-8-12-22(21)32(23)18-27(34)35/h7-8,11-15,20H,4-6,9-10,16-18H2,1-3H3,(H,30,33)(H,34,35). The van der Waals surface area contributed by atoms with Gasteiger partial charge in [0.15, 0.2) is 0 Å². The fraction of sp³-hybridized carbons (Fsp3) is 0.414. The van der Waals surface area contributed by atoms with Gasteiger partial charge in [-0.2, -0.15) is 0 Å². The van der Waals surface area contributed by atoms with Gasteiger partial charge in [-0.3, -0.25) is 14.4 Å². The van der Waals surface area contributed by atoms with Crippen LogP contribution in [0.1, 0.15) is 48.2 Å². The fourth-order valence-electron chi connectivity index (χ4n) is 5.27. The van der Waals surface area contributed by atoms with Crippen LogP contribution in [0.25, 0.3) is 10.9 Å². The summed E-state index contributed by atoms with van der Waals surface area (Å²) >= 11 is 0. The number of nitrogens with zero attached hydrogens (tertiary/aromatic N) is 2. The second-order valence-corrected chi connectivity index (χ2v) is 9.85. The van der Waals surface area contributed by atoms with Crippen molar-refractivity contribution in [1.29, 1.82) is 0 Å². The molecule has 0 aliphatic heterocycles. The summed E-state index contributed by atoms with van der Waals surface area (Å²) in [5.41, 5.74) is 2.23. The van der Waals surface area contributed by atoms with Crippen LogP contribution in [-0.2, 0) is 16.1 Å². The van der Waals surface area contributed by atoms with Gasteiger partial charge in [0.25, 0.3) is 5.91 Å². The van der Waals surface area contributed by atoms with Gasteiger partial charge < -0.3 is 29.4 Å². The molecule has 0 atom stereocenters. The van der Waals surface area contributed by atoms with E-state index in [2.05, 4.69) is 5.32 Å². The van der Waals surface area contributed by atoms with E-state index in [0.29, 0.717) is 29.2 Å². The molecule has 0 spiro atoms. The maximum absolute atomic E-state index is 14.0. The zero-order valence-corrected chi connectivity index (χ0v) is 22.2. The van der Waals surface area contributed by atoms with Gasteiger partial charge in [0.1, 0.15) is 36.0 Å². The first-order chi connectivity index (χ1) is 18.3. The average Bonchev–Trinajstić information content (AvgIpc) is 3.26. The van der Waals surface area contributed by atoms with Crippen LogP contribution in [0.5, 0.6) is 11.5 Å². The molecule has 1 aromatic heterocycles. The summed E-state index contributed by atoms with van der Waals surface area (Å²) < 4.78 is 12.4. The van der Waals surface area contributed by atoms with E-state index >= 15 is 0 Å². The zero-order chi connectivity index (χ0) is 27.2. The lowest BCUT2D eigenvalue weighted by Crippen LogP contribution is -2.42. The predicted octanol–water partition coefficient (Wildman–Crippen LogP) is 4.71. The van der Waals surface area contributed by atoms with E-state index in [9.17, 15) is 19.5 Å². The number of aryl methyl sites for hydroxylation is 1. The Hall–Kier alpha value is -4.01. The molecule has 2 amide bonds. The number of hydrogen-bond acceptors (Lipinski definition) is 5. The van der Waals surface area contributed by atoms with Gasteiger partial charge in [-0.05, 0) is 55.5 Å². The van der Waals surface area contributed by atoms with Gasteiger partial charge in [0.2, 0.25) is 5.91 Å². The number of hydrogen-bond donors (Lipinski definition) is 2. The highest BCUT2D eigenvalue weighted by Gasteiger charge is 2.28. The maximum Gasteiger partial charge on any atom is 0.323 e. The molecule has 1 aliphatic rings. The van der Waals surface area contributed by atoms with Crippen molar-refractivity contribution in [2.75, 3.05) is 32.6 Å². The Labute approximate surface area is 222 Å². The van der Waals surface area contributed by atoms with E-state index in [1.807, 2.05) is 25.1 Å². The Morgan fingerprint density at radius 3 is 2.32 bits per heavy atom. The molecule has 1 heterocycles. The minimum atomic E-state index is -1.05. The molecule has 3 aromatic rings. The predicted molar refractivity (Wildman–Crippen MR) is 145 cm³/mol. The zero-order valence-electron chi connectivity index (χ0n) is 22.2. The first-order valence-corrected chi connectivity index (χ1v) is 12.9. The van der Waals surface area contributed by atoms with Crippen LogP contribution in [0.15, 0.2) is 42.5 Å². The third-order valence-corrected chi connectivity index (χ3v) is 7.06. The Bertz CT molecular complexity index is 1300. The number of nitrogens with one attached hydrogen (secondary N) is 1. The van der Waals surface area contributed by atoms with Crippen LogP contribution in [0, 0.1) is 12.8 Å². The molecule has 0 bridgehead atoms. The summed E-state index contributed by atoms with van der Waals surface area (Å²) in [4.78, 5) is 40.5. The molecular formula is C29H35N3O6. The topological polar surface area (TPSA) is 110 Å². The van der Waals surface area contributed by atoms with E-state index < -0.39 is 11.9 Å². The molecule has 0 unspecified atom stereocenters. The van der Waals surface area contributed by atoms with Crippen molar-refractivity contribution in [2.24, 2.45) is 5.92 Å². The number of carbonyl (C=O) groups is 3. The van der Waals surface area contributed by atoms with Gasteiger partial charge in [-0.15, -0.1) is 0 Å². The number of carbonyl (C=O) groups excluding carboxylic acids is 2. The van der Waals surface area contributed by atoms with Crippen molar-refractivity contribution in [1.82, 2.24) is 9.47 Å². The molecule has 9 nitrogen and oxygen atoms in total. The van der Waals surface area contributed by atoms with Crippen LogP contribution < -0.4 is 14.8 Å². The monoisotopic (exact) mass is 521 g/mol. The largest absolute Gasteiger partial charge is 0.494 e. The van der Waals surface area contributed by atoms with Gasteiger partial charge in [0, 0.05) is 17.4 Å². The number of aliphatic carboxylic acids is 1. The number of ether oxygens (including phenoxy) is 2. The summed E-state index contributed by atoms with van der Waals surface area (Å²) in [6.45, 7) is 1.78. The number of anilines is 1. The highest BCUT2D eigenvalue weighted by atomic mass is 16.5. The molecule has 0 saturated heterocycles. The number of benzene rings is 2. The number of aromatic nitrogens is 1. The molecule has 1 saturated carbocycles. The van der Waals surface area contributed by atoms with E-state index in [0.717, 1.165) is 36.6 Å². The lowest BCUT2D eigenvalue weighted by atomic mass is 9.89. The lowest BCUT2D eigenvalue weighted by molar-refractivity contribution is -0.137. The first-order valence-electron chi connectivity index (χ1n) is 12.9. The van der Waals surface area contributed by atoms with Crippen molar-refractivity contribution in [3.63, 3.8) is 0 Å². The molecule has 202 valence electrons. The summed E-state index contributed by atoms with van der Waals surface area (Å²) in [7, 11) is 3.04. The van der Waals surface area contributed by atoms with Gasteiger partial charge in [-0.25, -0.2) is 0 Å². The molecule has 4 rings (SSSR count). The number of rotatable bonds is 10. The van der Waals surface area contributed by atoms with Gasteiger partial charge in [-0.1, -0.05) is 37.5 Å². The molecular weight excluding hydrogens is 486 g/mol. The minimum absolute atomic E-state index is 0.190. The van der Waals surface area contributed by atoms with Crippen LogP contribution in [-0.4, -0.2) is 59.7 Å². The third kappa shape index (κ3) is 6.10. The molecule has 2 aromatic carbocycles. The minimum Gasteiger partial charge on any atom is -0.494 e. The van der Waals surface area contributed by atoms with Gasteiger partial charge in [0.05, 0.1) is 14.2 Å². The summed E-state index contributed by atoms with van der Waals surface area (Å²) in [6.07, 6.45) is 5.34. The van der Waals surface area contributed by atoms with Gasteiger partial charge >= 0.3 is 5.97 Å². The third-order valence-electron chi connectivity index (χ3n) is 7.06. The lowest BCUT2D eigenvalue weighted by Gasteiger charge is -2.30. The molecule has 2 N–H and O–H groups in total. The van der Waals surface area contributed by atoms with Crippen molar-refractivity contribution in [3.05, 3.63) is 53.7 Å². The Kier molecular flexibility index (Phi) is 8.55. The van der Waals surface area contributed by atoms with Crippen molar-refractivity contribution < 1.29 is 29.0 Å². The van der Waals surface area contributed by atoms with Crippen LogP contribution >= 0.6 is 0 Å². The number of amides is 2. The number of carboxylic acids is 1. The number of fused-ring (bicyclic) bond motifs is 1. The van der Waals surface area contributed by atoms with E-state index in [4.69, 9.17) is 9.47 Å². The summed E-state index contributed by atoms with van der Waals surface area (Å²) in [6, 6.07) is 12.6. The number of methoxy groups -OCH3 is 2. The normalized spacial score (nSPS) is 13.8. The average molecular weight is 522 g/mol. The maximum atomic E-state index is 14.0. The highest BCUT2D eigenvalue weighted by molar-refractivity contribution is 6.03. The molecule has 1 aliphatic carbocycles. The summed E-state index contributed by atoms with van der Waals surface area (Å²) in [5.74, 6) is -0.609. The quantitative estimate of drug-likeness (QED) is 0.400. The SMILES string of the molecule is COc1cc(C)cc(OC)c1NC(=O)CN(CC1CCCCC1)C(=O)c1cc2ccccc2n1CC(=O)O. The van der Waals surface area contributed by atoms with E-state index in [-0.39, 0.29) is 30.6 Å². The van der Waals surface area contributed by atoms with Crippen LogP contribution in [0.4, 0.5) is 5.69 Å². The second kappa shape index (κ2) is 12.0. The smallest absolute Gasteiger partial charge is 0.323 e. The second-order valence-electron chi connectivity index (χ2n) is 9.85. The van der Waals surface area contributed by atoms with E-state index in [1.165, 1.54) is 25.2 Å². The Morgan fingerprint density at radius 1 is 1.03 bits per heavy atom. The number of para-hydroxylation sites is 1. The highest BCUT2D eigenvalue weighted by Crippen LogP contribution is 2.36. The summed E-state index contributed by atoms with van der Waals surface area (Å²) in [5, 5.41) is 13.2. The van der Waals surface area contributed by atoms with Crippen molar-refractivity contribution >= 4 is 34.4 Å². The molecule has 38 heavy (non-hydrogen) atoms. The molecule has 0 radical (unpaired) electrons.